The molecule has 4 nitrogen and oxygen atoms in total. The Hall–Kier alpha value is -1.20. The van der Waals surface area contributed by atoms with Crippen molar-refractivity contribution in [3.63, 3.8) is 0 Å². The Bertz CT molecular complexity index is 300. The largest absolute Gasteiger partial charge is 0.507 e. The van der Waals surface area contributed by atoms with E-state index in [1.807, 2.05) is 0 Å². The van der Waals surface area contributed by atoms with Crippen LogP contribution in [0.1, 0.15) is 10.4 Å². The fraction of sp³-hybridized carbons (Fsp3) is 0. The fourth-order valence-electron chi connectivity index (χ4n) is 0.762. The third-order valence-electron chi connectivity index (χ3n) is 1.32. The minimum absolute atomic E-state index is 0.00926. The van der Waals surface area contributed by atoms with Gasteiger partial charge in [-0.15, -0.1) is 0 Å². The number of nitrogens with zero attached hydrogens (tertiary/aromatic N) is 1. The lowest BCUT2D eigenvalue weighted by molar-refractivity contribution is 0.0168. The maximum atomic E-state index is 11.0. The second kappa shape index (κ2) is 3.46. The molecule has 0 aromatic heterocycles. The maximum absolute atomic E-state index is 11.0. The summed E-state index contributed by atoms with van der Waals surface area (Å²) in [6.07, 6.45) is 0. The topological polar surface area (TPSA) is 60.8 Å². The van der Waals surface area contributed by atoms with E-state index < -0.39 is 5.91 Å². The van der Waals surface area contributed by atoms with E-state index in [9.17, 15) is 4.79 Å². The Labute approximate surface area is 74.6 Å². The zero-order valence-electron chi connectivity index (χ0n) is 6.01. The zero-order chi connectivity index (χ0) is 9.14. The van der Waals surface area contributed by atoms with E-state index in [2.05, 4.69) is 12.8 Å². The van der Waals surface area contributed by atoms with Crippen molar-refractivity contribution >= 4 is 18.7 Å². The second-order valence-electron chi connectivity index (χ2n) is 2.11. The first-order chi connectivity index (χ1) is 5.63. The van der Waals surface area contributed by atoms with Crippen molar-refractivity contribution in [3.8, 4) is 5.75 Å². The summed E-state index contributed by atoms with van der Waals surface area (Å²) in [5.74, 6) is -0.952. The molecular weight excluding hydrogens is 178 g/mol. The number of rotatable bonds is 1. The van der Waals surface area contributed by atoms with Crippen LogP contribution in [0, 0.1) is 0 Å². The molecule has 0 aliphatic heterocycles. The molecule has 0 saturated heterocycles. The first-order valence-electron chi connectivity index (χ1n) is 3.13. The molecule has 1 aromatic rings. The molecule has 5 heteroatoms. The van der Waals surface area contributed by atoms with E-state index in [4.69, 9.17) is 10.3 Å². The third kappa shape index (κ3) is 1.69. The van der Waals surface area contributed by atoms with Gasteiger partial charge in [-0.1, -0.05) is 12.1 Å². The van der Waals surface area contributed by atoms with Crippen molar-refractivity contribution in [2.45, 2.75) is 0 Å². The number of hydrogen-bond acceptors (Lipinski definition) is 4. The fourth-order valence-corrected chi connectivity index (χ4v) is 0.870. The molecule has 1 amide bonds. The van der Waals surface area contributed by atoms with Gasteiger partial charge in [0.2, 0.25) is 0 Å². The number of para-hydroxylation sites is 1. The van der Waals surface area contributed by atoms with Gasteiger partial charge < -0.3 is 5.11 Å². The molecule has 64 valence electrons. The monoisotopic (exact) mass is 185 g/mol. The minimum Gasteiger partial charge on any atom is -0.507 e. The summed E-state index contributed by atoms with van der Waals surface area (Å²) in [7, 11) is 0. The van der Waals surface area contributed by atoms with E-state index in [1.165, 1.54) is 12.1 Å². The Kier molecular flexibility index (Phi) is 2.57. The van der Waals surface area contributed by atoms with Crippen LogP contribution in [0.25, 0.3) is 0 Å². The van der Waals surface area contributed by atoms with E-state index in [-0.39, 0.29) is 15.8 Å². The lowest BCUT2D eigenvalue weighted by atomic mass is 10.2. The van der Waals surface area contributed by atoms with Gasteiger partial charge in [0.25, 0.3) is 5.91 Å². The van der Waals surface area contributed by atoms with E-state index >= 15 is 0 Å². The predicted octanol–water partition coefficient (Wildman–Crippen LogP) is 1.07. The number of carbonyl (C=O) groups is 1. The molecule has 0 aliphatic carbocycles. The standard InChI is InChI=1S/C7H7NO3S/c9-6-4-2-1-3-5(6)7(10)8(11)12/h1-4,9,11-12H. The first-order valence-corrected chi connectivity index (χ1v) is 3.53. The summed E-state index contributed by atoms with van der Waals surface area (Å²) in [6, 6.07) is 5.89. The highest BCUT2D eigenvalue weighted by Crippen LogP contribution is 2.17. The summed E-state index contributed by atoms with van der Waals surface area (Å²) in [4.78, 5) is 11.0. The molecule has 0 heterocycles. The van der Waals surface area contributed by atoms with Crippen LogP contribution in [-0.2, 0) is 0 Å². The van der Waals surface area contributed by atoms with Crippen LogP contribution in [0.5, 0.6) is 5.75 Å². The van der Waals surface area contributed by atoms with Gasteiger partial charge in [-0.25, -0.2) is 0 Å². The summed E-state index contributed by atoms with van der Waals surface area (Å²) < 4.78 is 0.120. The average Bonchev–Trinajstić information content (AvgIpc) is 2.04. The molecule has 0 saturated carbocycles. The maximum Gasteiger partial charge on any atom is 0.291 e. The van der Waals surface area contributed by atoms with Crippen LogP contribution in [0.15, 0.2) is 24.3 Å². The van der Waals surface area contributed by atoms with E-state index in [0.717, 1.165) is 0 Å². The second-order valence-corrected chi connectivity index (χ2v) is 2.49. The van der Waals surface area contributed by atoms with Gasteiger partial charge in [0, 0.05) is 0 Å². The van der Waals surface area contributed by atoms with Gasteiger partial charge in [-0.3, -0.25) is 10.0 Å². The highest BCUT2D eigenvalue weighted by atomic mass is 32.1. The van der Waals surface area contributed by atoms with Crippen molar-refractivity contribution in [2.75, 3.05) is 0 Å². The first kappa shape index (κ1) is 8.89. The summed E-state index contributed by atoms with van der Waals surface area (Å²) in [5.41, 5.74) is 0.00926. The van der Waals surface area contributed by atoms with Gasteiger partial charge in [0.05, 0.1) is 5.56 Å². The zero-order valence-corrected chi connectivity index (χ0v) is 6.90. The number of amides is 1. The lowest BCUT2D eigenvalue weighted by Crippen LogP contribution is -2.17. The SMILES string of the molecule is O=C(c1ccccc1O)N(O)S. The van der Waals surface area contributed by atoms with Gasteiger partial charge in [-0.05, 0) is 24.9 Å². The molecule has 0 aliphatic rings. The highest BCUT2D eigenvalue weighted by molar-refractivity contribution is 7.78. The van der Waals surface area contributed by atoms with Crippen LogP contribution < -0.4 is 0 Å². The molecule has 0 spiro atoms. The number of benzene rings is 1. The summed E-state index contributed by atoms with van der Waals surface area (Å²) >= 11 is 3.38. The number of carbonyl (C=O) groups excluding carboxylic acids is 1. The van der Waals surface area contributed by atoms with Crippen LogP contribution in [0.4, 0.5) is 0 Å². The number of hydrogen-bond donors (Lipinski definition) is 3. The number of phenols is 1. The number of hydroxylamine groups is 1. The molecule has 1 rings (SSSR count). The Morgan fingerprint density at radius 2 is 2.00 bits per heavy atom. The Balaban J connectivity index is 3.03. The molecule has 0 radical (unpaired) electrons. The molecule has 0 atom stereocenters. The van der Waals surface area contributed by atoms with Crippen molar-refractivity contribution in [1.82, 2.24) is 4.47 Å². The number of thiol groups is 1. The third-order valence-corrected chi connectivity index (χ3v) is 1.50. The van der Waals surface area contributed by atoms with Gasteiger partial charge >= 0.3 is 0 Å². The molecule has 1 aromatic carbocycles. The van der Waals surface area contributed by atoms with Gasteiger partial charge in [0.15, 0.2) is 0 Å². The van der Waals surface area contributed by atoms with Crippen molar-refractivity contribution < 1.29 is 15.1 Å². The molecule has 0 fully saturated rings. The van der Waals surface area contributed by atoms with Crippen molar-refractivity contribution in [1.29, 1.82) is 0 Å². The van der Waals surface area contributed by atoms with E-state index in [0.29, 0.717) is 0 Å². The highest BCUT2D eigenvalue weighted by Gasteiger charge is 2.13. The van der Waals surface area contributed by atoms with Crippen molar-refractivity contribution in [3.05, 3.63) is 29.8 Å². The van der Waals surface area contributed by atoms with Gasteiger partial charge in [-0.2, -0.15) is 4.47 Å². The normalized spacial score (nSPS) is 9.50. The quantitative estimate of drug-likeness (QED) is 0.348. The molecule has 12 heavy (non-hydrogen) atoms. The average molecular weight is 185 g/mol. The summed E-state index contributed by atoms with van der Waals surface area (Å²) in [5, 5.41) is 17.8. The lowest BCUT2D eigenvalue weighted by Gasteiger charge is -2.07. The minimum atomic E-state index is -0.767. The van der Waals surface area contributed by atoms with Crippen LogP contribution in [-0.4, -0.2) is 20.7 Å². The smallest absolute Gasteiger partial charge is 0.291 e. The number of phenolic OH excluding ortho intramolecular Hbond substituents is 1. The Morgan fingerprint density at radius 1 is 1.42 bits per heavy atom. The number of aromatic hydroxyl groups is 1. The molecule has 2 N–H and O–H groups in total. The van der Waals surface area contributed by atoms with Crippen LogP contribution in [0.2, 0.25) is 0 Å². The molecule has 0 unspecified atom stereocenters. The van der Waals surface area contributed by atoms with E-state index in [1.54, 1.807) is 12.1 Å². The predicted molar refractivity (Wildman–Crippen MR) is 45.0 cm³/mol. The molecule has 0 bridgehead atoms. The Morgan fingerprint density at radius 3 is 2.50 bits per heavy atom. The molecular formula is C7H7NO3S. The summed E-state index contributed by atoms with van der Waals surface area (Å²) in [6.45, 7) is 0. The van der Waals surface area contributed by atoms with Gasteiger partial charge in [0.1, 0.15) is 5.75 Å². The van der Waals surface area contributed by atoms with Crippen molar-refractivity contribution in [2.24, 2.45) is 0 Å². The van der Waals surface area contributed by atoms with Crippen LogP contribution in [0.3, 0.4) is 0 Å². The van der Waals surface area contributed by atoms with Crippen LogP contribution >= 0.6 is 12.8 Å².